The van der Waals surface area contributed by atoms with Gasteiger partial charge in [-0.15, -0.1) is 5.10 Å². The molecule has 0 saturated carbocycles. The van der Waals surface area contributed by atoms with Crippen LogP contribution in [-0.4, -0.2) is 57.9 Å². The Morgan fingerprint density at radius 3 is 2.31 bits per heavy atom. The summed E-state index contributed by atoms with van der Waals surface area (Å²) >= 11 is 0. The number of aromatic nitrogens is 4. The Morgan fingerprint density at radius 1 is 0.872 bits per heavy atom. The molecular formula is C29H27F2N7O. The molecule has 198 valence electrons. The van der Waals surface area contributed by atoms with Crippen molar-refractivity contribution >= 4 is 22.8 Å². The molecular weight excluding hydrogens is 500 g/mol. The van der Waals surface area contributed by atoms with Crippen LogP contribution in [-0.2, 0) is 6.54 Å². The molecule has 1 saturated heterocycles. The second-order valence-corrected chi connectivity index (χ2v) is 9.47. The lowest BCUT2D eigenvalue weighted by atomic mass is 10.1. The Labute approximate surface area is 224 Å². The molecule has 2 N–H and O–H groups in total. The molecule has 10 heteroatoms. The lowest BCUT2D eigenvalue weighted by Gasteiger charge is -2.34. The van der Waals surface area contributed by atoms with Gasteiger partial charge in [-0.3, -0.25) is 4.90 Å². The van der Waals surface area contributed by atoms with E-state index in [2.05, 4.69) is 9.80 Å². The zero-order chi connectivity index (χ0) is 26.9. The van der Waals surface area contributed by atoms with E-state index in [-0.39, 0.29) is 11.6 Å². The Morgan fingerprint density at radius 2 is 1.62 bits per heavy atom. The zero-order valence-corrected chi connectivity index (χ0v) is 21.4. The standard InChI is InChI=1S/C29H27F2N7O/c1-39-24-11-9-23(10-12-24)38-27(32)25-26(20-3-2-4-22(31)17-20)33-29(34-28(25)35-38)37-15-13-36(14-16-37)18-19-5-7-21(30)8-6-19/h2-12,17H,13-16,18,32H2,1H3. The van der Waals surface area contributed by atoms with E-state index in [1.807, 2.05) is 36.4 Å². The molecule has 3 aromatic carbocycles. The highest BCUT2D eigenvalue weighted by atomic mass is 19.1. The van der Waals surface area contributed by atoms with Crippen LogP contribution in [0.25, 0.3) is 28.0 Å². The largest absolute Gasteiger partial charge is 0.497 e. The maximum absolute atomic E-state index is 14.3. The summed E-state index contributed by atoms with van der Waals surface area (Å²) in [6.07, 6.45) is 0. The summed E-state index contributed by atoms with van der Waals surface area (Å²) in [4.78, 5) is 14.1. The molecule has 3 heterocycles. The van der Waals surface area contributed by atoms with E-state index in [0.29, 0.717) is 47.1 Å². The number of piperazine rings is 1. The molecule has 2 aromatic heterocycles. The van der Waals surface area contributed by atoms with Gasteiger partial charge in [0, 0.05) is 38.3 Å². The van der Waals surface area contributed by atoms with E-state index >= 15 is 0 Å². The minimum absolute atomic E-state index is 0.236. The van der Waals surface area contributed by atoms with Gasteiger partial charge in [0.25, 0.3) is 0 Å². The Balaban J connectivity index is 1.34. The third kappa shape index (κ3) is 4.98. The molecule has 0 amide bonds. The van der Waals surface area contributed by atoms with Gasteiger partial charge in [0.15, 0.2) is 5.65 Å². The molecule has 1 aliphatic heterocycles. The smallest absolute Gasteiger partial charge is 0.228 e. The minimum Gasteiger partial charge on any atom is -0.497 e. The van der Waals surface area contributed by atoms with Crippen molar-refractivity contribution in [2.45, 2.75) is 6.54 Å². The van der Waals surface area contributed by atoms with Gasteiger partial charge >= 0.3 is 0 Å². The molecule has 0 aliphatic carbocycles. The quantitative estimate of drug-likeness (QED) is 0.343. The van der Waals surface area contributed by atoms with Crippen LogP contribution in [0.15, 0.2) is 72.8 Å². The molecule has 39 heavy (non-hydrogen) atoms. The van der Waals surface area contributed by atoms with Crippen LogP contribution in [0.1, 0.15) is 5.56 Å². The van der Waals surface area contributed by atoms with Gasteiger partial charge in [-0.05, 0) is 54.1 Å². The fraction of sp³-hybridized carbons (Fsp3) is 0.207. The summed E-state index contributed by atoms with van der Waals surface area (Å²) < 4.78 is 34.4. The van der Waals surface area contributed by atoms with Crippen molar-refractivity contribution in [2.75, 3.05) is 43.9 Å². The monoisotopic (exact) mass is 527 g/mol. The number of nitrogens with two attached hydrogens (primary N) is 1. The second-order valence-electron chi connectivity index (χ2n) is 9.47. The topological polar surface area (TPSA) is 85.3 Å². The predicted octanol–water partition coefficient (Wildman–Crippen LogP) is 4.67. The van der Waals surface area contributed by atoms with E-state index in [1.54, 1.807) is 23.9 Å². The summed E-state index contributed by atoms with van der Waals surface area (Å²) in [5.41, 5.74) is 9.96. The number of ether oxygens (including phenoxy) is 1. The maximum atomic E-state index is 14.3. The summed E-state index contributed by atoms with van der Waals surface area (Å²) in [6.45, 7) is 3.71. The number of nitrogen functional groups attached to an aromatic ring is 1. The van der Waals surface area contributed by atoms with Crippen molar-refractivity contribution in [1.29, 1.82) is 0 Å². The van der Waals surface area contributed by atoms with Crippen molar-refractivity contribution in [3.63, 3.8) is 0 Å². The van der Waals surface area contributed by atoms with Crippen molar-refractivity contribution in [2.24, 2.45) is 0 Å². The molecule has 0 radical (unpaired) electrons. The third-order valence-electron chi connectivity index (χ3n) is 6.95. The molecule has 0 unspecified atom stereocenters. The molecule has 6 rings (SSSR count). The molecule has 8 nitrogen and oxygen atoms in total. The van der Waals surface area contributed by atoms with Crippen molar-refractivity contribution < 1.29 is 13.5 Å². The predicted molar refractivity (Wildman–Crippen MR) is 147 cm³/mol. The fourth-order valence-electron chi connectivity index (χ4n) is 4.86. The summed E-state index contributed by atoms with van der Waals surface area (Å²) in [7, 11) is 1.61. The highest BCUT2D eigenvalue weighted by Gasteiger charge is 2.24. The first kappa shape index (κ1) is 24.7. The lowest BCUT2D eigenvalue weighted by molar-refractivity contribution is 0.248. The van der Waals surface area contributed by atoms with Crippen LogP contribution < -0.4 is 15.4 Å². The van der Waals surface area contributed by atoms with E-state index in [4.69, 9.17) is 25.5 Å². The Hall–Kier alpha value is -4.57. The highest BCUT2D eigenvalue weighted by Crippen LogP contribution is 2.34. The number of hydrogen-bond donors (Lipinski definition) is 1. The SMILES string of the molecule is COc1ccc(-n2nc3nc(N4CCN(Cc5ccc(F)cc5)CC4)nc(-c4cccc(F)c4)c3c2N)cc1. The van der Waals surface area contributed by atoms with Gasteiger partial charge in [0.2, 0.25) is 5.95 Å². The maximum Gasteiger partial charge on any atom is 0.228 e. The minimum atomic E-state index is -0.365. The van der Waals surface area contributed by atoms with E-state index < -0.39 is 0 Å². The number of methoxy groups -OCH3 is 1. The number of hydrogen-bond acceptors (Lipinski definition) is 7. The molecule has 1 fully saturated rings. The lowest BCUT2D eigenvalue weighted by Crippen LogP contribution is -2.46. The van der Waals surface area contributed by atoms with Gasteiger partial charge in [-0.1, -0.05) is 24.3 Å². The number of anilines is 2. The number of rotatable bonds is 6. The first-order valence-corrected chi connectivity index (χ1v) is 12.7. The van der Waals surface area contributed by atoms with Crippen LogP contribution in [0, 0.1) is 11.6 Å². The van der Waals surface area contributed by atoms with Crippen LogP contribution in [0.4, 0.5) is 20.5 Å². The van der Waals surface area contributed by atoms with Crippen LogP contribution >= 0.6 is 0 Å². The van der Waals surface area contributed by atoms with Gasteiger partial charge in [-0.2, -0.15) is 4.98 Å². The number of benzene rings is 3. The summed E-state index contributed by atoms with van der Waals surface area (Å²) in [6, 6.07) is 20.3. The first-order chi connectivity index (χ1) is 19.0. The van der Waals surface area contributed by atoms with E-state index in [1.165, 1.54) is 24.3 Å². The first-order valence-electron chi connectivity index (χ1n) is 12.7. The molecule has 0 spiro atoms. The second kappa shape index (κ2) is 10.3. The van der Waals surface area contributed by atoms with Crippen LogP contribution in [0.3, 0.4) is 0 Å². The van der Waals surface area contributed by atoms with Gasteiger partial charge in [-0.25, -0.2) is 18.4 Å². The fourth-order valence-corrected chi connectivity index (χ4v) is 4.86. The van der Waals surface area contributed by atoms with Gasteiger partial charge in [0.1, 0.15) is 23.2 Å². The van der Waals surface area contributed by atoms with Crippen molar-refractivity contribution in [3.8, 4) is 22.7 Å². The highest BCUT2D eigenvalue weighted by molar-refractivity contribution is 5.99. The average molecular weight is 528 g/mol. The summed E-state index contributed by atoms with van der Waals surface area (Å²) in [5, 5.41) is 5.28. The van der Waals surface area contributed by atoms with Crippen molar-refractivity contribution in [3.05, 3.63) is 90.0 Å². The van der Waals surface area contributed by atoms with Crippen LogP contribution in [0.5, 0.6) is 5.75 Å². The number of nitrogens with zero attached hydrogens (tertiary/aromatic N) is 6. The summed E-state index contributed by atoms with van der Waals surface area (Å²) in [5.74, 6) is 0.999. The Kier molecular flexibility index (Phi) is 6.54. The third-order valence-corrected chi connectivity index (χ3v) is 6.95. The normalized spacial score (nSPS) is 14.2. The van der Waals surface area contributed by atoms with Crippen LogP contribution in [0.2, 0.25) is 0 Å². The molecule has 1 aliphatic rings. The average Bonchev–Trinajstić information content (AvgIpc) is 3.30. The number of halogens is 2. The van der Waals surface area contributed by atoms with E-state index in [9.17, 15) is 8.78 Å². The van der Waals surface area contributed by atoms with Gasteiger partial charge < -0.3 is 15.4 Å². The van der Waals surface area contributed by atoms with Gasteiger partial charge in [0.05, 0.1) is 23.9 Å². The Bertz CT molecular complexity index is 1610. The zero-order valence-electron chi connectivity index (χ0n) is 21.4. The number of fused-ring (bicyclic) bond motifs is 1. The molecule has 5 aromatic rings. The molecule has 0 atom stereocenters. The van der Waals surface area contributed by atoms with Crippen molar-refractivity contribution in [1.82, 2.24) is 24.6 Å². The van der Waals surface area contributed by atoms with E-state index in [0.717, 1.165) is 36.6 Å². The molecule has 0 bridgehead atoms.